The third kappa shape index (κ3) is 4.10. The first kappa shape index (κ1) is 16.1. The lowest BCUT2D eigenvalue weighted by Gasteiger charge is -2.37. The van der Waals surface area contributed by atoms with Crippen molar-refractivity contribution in [3.63, 3.8) is 0 Å². The van der Waals surface area contributed by atoms with Crippen LogP contribution in [0, 0.1) is 6.92 Å². The van der Waals surface area contributed by atoms with Gasteiger partial charge in [0.1, 0.15) is 10.8 Å². The van der Waals surface area contributed by atoms with Gasteiger partial charge in [-0.1, -0.05) is 11.6 Å². The van der Waals surface area contributed by atoms with Crippen LogP contribution in [-0.2, 0) is 4.74 Å². The van der Waals surface area contributed by atoms with Crippen LogP contribution in [0.3, 0.4) is 0 Å². The van der Waals surface area contributed by atoms with Crippen molar-refractivity contribution in [2.75, 3.05) is 6.54 Å². The Bertz CT molecular complexity index is 525. The average molecular weight is 311 g/mol. The molecule has 1 atom stereocenters. The van der Waals surface area contributed by atoms with Crippen LogP contribution in [0.5, 0.6) is 0 Å². The van der Waals surface area contributed by atoms with E-state index in [1.165, 1.54) is 0 Å². The smallest absolute Gasteiger partial charge is 0.410 e. The van der Waals surface area contributed by atoms with E-state index in [1.54, 1.807) is 6.20 Å². The zero-order valence-corrected chi connectivity index (χ0v) is 13.9. The third-order valence-corrected chi connectivity index (χ3v) is 3.81. The molecule has 1 aliphatic heterocycles. The summed E-state index contributed by atoms with van der Waals surface area (Å²) >= 11 is 5.93. The normalized spacial score (nSPS) is 19.5. The fourth-order valence-corrected chi connectivity index (χ4v) is 2.89. The quantitative estimate of drug-likeness (QED) is 0.717. The van der Waals surface area contributed by atoms with Crippen LogP contribution in [-0.4, -0.2) is 28.1 Å². The van der Waals surface area contributed by atoms with Gasteiger partial charge in [0.05, 0.1) is 6.04 Å². The standard InChI is InChI=1S/C16H23ClN2O2/c1-11-9-14(17)18-10-12(11)13-7-5-6-8-19(13)15(20)21-16(2,3)4/h9-10,13H,5-8H2,1-4H3/t13-/m1/s1. The maximum absolute atomic E-state index is 12.4. The molecular formula is C16H23ClN2O2. The maximum atomic E-state index is 12.4. The summed E-state index contributed by atoms with van der Waals surface area (Å²) in [6.45, 7) is 8.39. The Balaban J connectivity index is 2.24. The molecule has 1 aromatic rings. The van der Waals surface area contributed by atoms with Crippen LogP contribution < -0.4 is 0 Å². The Labute approximate surface area is 131 Å². The second kappa shape index (κ2) is 6.22. The zero-order chi connectivity index (χ0) is 15.6. The number of halogens is 1. The lowest BCUT2D eigenvalue weighted by atomic mass is 9.94. The summed E-state index contributed by atoms with van der Waals surface area (Å²) in [4.78, 5) is 18.4. The predicted molar refractivity (Wildman–Crippen MR) is 83.5 cm³/mol. The lowest BCUT2D eigenvalue weighted by molar-refractivity contribution is 0.00942. The average Bonchev–Trinajstić information content (AvgIpc) is 2.37. The Hall–Kier alpha value is -1.29. The van der Waals surface area contributed by atoms with Crippen LogP contribution in [0.1, 0.15) is 57.2 Å². The van der Waals surface area contributed by atoms with Crippen molar-refractivity contribution < 1.29 is 9.53 Å². The van der Waals surface area contributed by atoms with Crippen LogP contribution in [0.25, 0.3) is 0 Å². The molecule has 1 saturated heterocycles. The van der Waals surface area contributed by atoms with Gasteiger partial charge in [-0.2, -0.15) is 0 Å². The molecule has 21 heavy (non-hydrogen) atoms. The fraction of sp³-hybridized carbons (Fsp3) is 0.625. The second-order valence-electron chi connectivity index (χ2n) is 6.55. The second-order valence-corrected chi connectivity index (χ2v) is 6.94. The number of pyridine rings is 1. The summed E-state index contributed by atoms with van der Waals surface area (Å²) in [5, 5.41) is 0.482. The van der Waals surface area contributed by atoms with Gasteiger partial charge in [-0.05, 0) is 64.2 Å². The van der Waals surface area contributed by atoms with Crippen molar-refractivity contribution in [1.29, 1.82) is 0 Å². The monoisotopic (exact) mass is 310 g/mol. The molecule has 4 nitrogen and oxygen atoms in total. The van der Waals surface area contributed by atoms with Crippen LogP contribution in [0.2, 0.25) is 5.15 Å². The first-order valence-electron chi connectivity index (χ1n) is 7.39. The minimum Gasteiger partial charge on any atom is -0.444 e. The first-order valence-corrected chi connectivity index (χ1v) is 7.77. The molecule has 1 aliphatic rings. The predicted octanol–water partition coefficient (Wildman–Crippen LogP) is 4.51. The van der Waals surface area contributed by atoms with E-state index < -0.39 is 5.60 Å². The van der Waals surface area contributed by atoms with Crippen molar-refractivity contribution in [3.05, 3.63) is 28.5 Å². The van der Waals surface area contributed by atoms with Gasteiger partial charge >= 0.3 is 6.09 Å². The summed E-state index contributed by atoms with van der Waals surface area (Å²) < 4.78 is 5.53. The molecule has 116 valence electrons. The zero-order valence-electron chi connectivity index (χ0n) is 13.1. The number of likely N-dealkylation sites (tertiary alicyclic amines) is 1. The Kier molecular flexibility index (Phi) is 4.77. The minimum absolute atomic E-state index is 0.0263. The largest absolute Gasteiger partial charge is 0.444 e. The third-order valence-electron chi connectivity index (χ3n) is 3.61. The highest BCUT2D eigenvalue weighted by atomic mass is 35.5. The SMILES string of the molecule is Cc1cc(Cl)ncc1[C@H]1CCCCN1C(=O)OC(C)(C)C. The van der Waals surface area contributed by atoms with Gasteiger partial charge < -0.3 is 9.64 Å². The molecule has 0 N–H and O–H groups in total. The minimum atomic E-state index is -0.480. The number of rotatable bonds is 1. The van der Waals surface area contributed by atoms with Crippen LogP contribution in [0.4, 0.5) is 4.79 Å². The fourth-order valence-electron chi connectivity index (χ4n) is 2.68. The highest BCUT2D eigenvalue weighted by Gasteiger charge is 2.32. The molecule has 1 aromatic heterocycles. The molecular weight excluding hydrogens is 288 g/mol. The van der Waals surface area contributed by atoms with E-state index in [0.717, 1.165) is 36.9 Å². The molecule has 0 unspecified atom stereocenters. The van der Waals surface area contributed by atoms with Crippen molar-refractivity contribution in [3.8, 4) is 0 Å². The number of amides is 1. The molecule has 1 fully saturated rings. The van der Waals surface area contributed by atoms with Gasteiger partial charge in [-0.3, -0.25) is 0 Å². The summed E-state index contributed by atoms with van der Waals surface area (Å²) in [5.41, 5.74) is 1.65. The summed E-state index contributed by atoms with van der Waals surface area (Å²) in [7, 11) is 0. The van der Waals surface area contributed by atoms with Crippen LogP contribution in [0.15, 0.2) is 12.3 Å². The number of ether oxygens (including phenoxy) is 1. The first-order chi connectivity index (χ1) is 9.78. The van der Waals surface area contributed by atoms with Gasteiger partial charge in [-0.25, -0.2) is 9.78 Å². The van der Waals surface area contributed by atoms with Crippen molar-refractivity contribution >= 4 is 17.7 Å². The Morgan fingerprint density at radius 1 is 1.43 bits per heavy atom. The van der Waals surface area contributed by atoms with Crippen molar-refractivity contribution in [1.82, 2.24) is 9.88 Å². The van der Waals surface area contributed by atoms with Crippen molar-refractivity contribution in [2.45, 2.75) is 58.6 Å². The molecule has 0 aromatic carbocycles. The van der Waals surface area contributed by atoms with Gasteiger partial charge in [0.25, 0.3) is 0 Å². The number of hydrogen-bond acceptors (Lipinski definition) is 3. The number of hydrogen-bond donors (Lipinski definition) is 0. The maximum Gasteiger partial charge on any atom is 0.410 e. The molecule has 2 rings (SSSR count). The number of nitrogens with zero attached hydrogens (tertiary/aromatic N) is 2. The summed E-state index contributed by atoms with van der Waals surface area (Å²) in [6.07, 6.45) is 4.58. The van der Waals surface area contributed by atoms with Gasteiger partial charge in [0, 0.05) is 12.7 Å². The summed E-state index contributed by atoms with van der Waals surface area (Å²) in [6, 6.07) is 1.87. The number of carbonyl (C=O) groups excluding carboxylic acids is 1. The number of aromatic nitrogens is 1. The van der Waals surface area contributed by atoms with E-state index in [1.807, 2.05) is 38.7 Å². The molecule has 0 bridgehead atoms. The Morgan fingerprint density at radius 2 is 2.14 bits per heavy atom. The number of carbonyl (C=O) groups is 1. The van der Waals surface area contributed by atoms with Crippen molar-refractivity contribution in [2.24, 2.45) is 0 Å². The molecule has 5 heteroatoms. The molecule has 0 radical (unpaired) electrons. The molecule has 0 saturated carbocycles. The molecule has 1 amide bonds. The number of aryl methyl sites for hydroxylation is 1. The number of piperidine rings is 1. The van der Waals surface area contributed by atoms with E-state index >= 15 is 0 Å². The van der Waals surface area contributed by atoms with Gasteiger partial charge in [0.15, 0.2) is 0 Å². The van der Waals surface area contributed by atoms with E-state index in [9.17, 15) is 4.79 Å². The van der Waals surface area contributed by atoms with E-state index in [-0.39, 0.29) is 12.1 Å². The highest BCUT2D eigenvalue weighted by molar-refractivity contribution is 6.29. The summed E-state index contributed by atoms with van der Waals surface area (Å²) in [5.74, 6) is 0. The highest BCUT2D eigenvalue weighted by Crippen LogP contribution is 2.34. The molecule has 0 aliphatic carbocycles. The van der Waals surface area contributed by atoms with Gasteiger partial charge in [0.2, 0.25) is 0 Å². The van der Waals surface area contributed by atoms with Crippen LogP contribution >= 0.6 is 11.6 Å². The molecule has 0 spiro atoms. The van der Waals surface area contributed by atoms with E-state index in [4.69, 9.17) is 16.3 Å². The lowest BCUT2D eigenvalue weighted by Crippen LogP contribution is -2.42. The topological polar surface area (TPSA) is 42.4 Å². The van der Waals surface area contributed by atoms with E-state index in [0.29, 0.717) is 5.15 Å². The van der Waals surface area contributed by atoms with E-state index in [2.05, 4.69) is 4.98 Å². The molecule has 2 heterocycles. The van der Waals surface area contributed by atoms with Gasteiger partial charge in [-0.15, -0.1) is 0 Å². The Morgan fingerprint density at radius 3 is 2.76 bits per heavy atom.